The minimum Gasteiger partial charge on any atom is -0.354 e. The van der Waals surface area contributed by atoms with Gasteiger partial charge in [0.2, 0.25) is 5.91 Å². The van der Waals surface area contributed by atoms with E-state index < -0.39 is 0 Å². The van der Waals surface area contributed by atoms with Crippen molar-refractivity contribution in [3.05, 3.63) is 35.4 Å². The van der Waals surface area contributed by atoms with Crippen molar-refractivity contribution in [2.75, 3.05) is 13.1 Å². The summed E-state index contributed by atoms with van der Waals surface area (Å²) in [7, 11) is 0. The van der Waals surface area contributed by atoms with Gasteiger partial charge in [-0.15, -0.1) is 12.4 Å². The van der Waals surface area contributed by atoms with Gasteiger partial charge in [0, 0.05) is 18.7 Å². The second-order valence-electron chi connectivity index (χ2n) is 4.83. The SMILES string of the molecule is Cl.NCc1ccc(C(=O)NCC(=O)NCC2CC2)cc1. The molecule has 6 heteroatoms. The van der Waals surface area contributed by atoms with Crippen LogP contribution in [0.1, 0.15) is 28.8 Å². The molecule has 0 aromatic heterocycles. The number of nitrogens with two attached hydrogens (primary N) is 1. The molecule has 1 aliphatic carbocycles. The molecule has 5 nitrogen and oxygen atoms in total. The molecule has 20 heavy (non-hydrogen) atoms. The summed E-state index contributed by atoms with van der Waals surface area (Å²) in [5.74, 6) is 0.257. The zero-order valence-corrected chi connectivity index (χ0v) is 12.0. The first kappa shape index (κ1) is 16.5. The number of hydrogen-bond donors (Lipinski definition) is 3. The highest BCUT2D eigenvalue weighted by atomic mass is 35.5. The molecule has 0 heterocycles. The molecule has 1 fully saturated rings. The van der Waals surface area contributed by atoms with Gasteiger partial charge in [0.05, 0.1) is 6.54 Å². The highest BCUT2D eigenvalue weighted by Gasteiger charge is 2.21. The highest BCUT2D eigenvalue weighted by Crippen LogP contribution is 2.27. The number of hydrogen-bond acceptors (Lipinski definition) is 3. The molecular formula is C14H20ClN3O2. The number of carbonyl (C=O) groups is 2. The van der Waals surface area contributed by atoms with Crippen LogP contribution >= 0.6 is 12.4 Å². The molecule has 2 rings (SSSR count). The molecule has 0 aliphatic heterocycles. The lowest BCUT2D eigenvalue weighted by Crippen LogP contribution is -2.37. The van der Waals surface area contributed by atoms with E-state index in [9.17, 15) is 9.59 Å². The molecular weight excluding hydrogens is 278 g/mol. The second-order valence-corrected chi connectivity index (χ2v) is 4.83. The van der Waals surface area contributed by atoms with Crippen molar-refractivity contribution in [1.82, 2.24) is 10.6 Å². The maximum atomic E-state index is 11.8. The minimum absolute atomic E-state index is 0. The minimum atomic E-state index is -0.245. The van der Waals surface area contributed by atoms with Gasteiger partial charge in [0.15, 0.2) is 0 Å². The summed E-state index contributed by atoms with van der Waals surface area (Å²) in [6.07, 6.45) is 2.39. The van der Waals surface area contributed by atoms with Crippen LogP contribution in [-0.2, 0) is 11.3 Å². The Morgan fingerprint density at radius 3 is 2.35 bits per heavy atom. The molecule has 0 atom stereocenters. The second kappa shape index (κ2) is 7.87. The van der Waals surface area contributed by atoms with Crippen LogP contribution in [0, 0.1) is 5.92 Å². The average Bonchev–Trinajstić information content (AvgIpc) is 3.26. The van der Waals surface area contributed by atoms with E-state index in [4.69, 9.17) is 5.73 Å². The maximum absolute atomic E-state index is 11.8. The molecule has 0 saturated heterocycles. The predicted molar refractivity (Wildman–Crippen MR) is 79.6 cm³/mol. The normalized spacial score (nSPS) is 13.2. The summed E-state index contributed by atoms with van der Waals surface area (Å²) in [6.45, 7) is 1.19. The number of rotatable bonds is 6. The summed E-state index contributed by atoms with van der Waals surface area (Å²) in [4.78, 5) is 23.2. The maximum Gasteiger partial charge on any atom is 0.251 e. The number of amides is 2. The van der Waals surface area contributed by atoms with Crippen LogP contribution in [-0.4, -0.2) is 24.9 Å². The standard InChI is InChI=1S/C14H19N3O2.ClH/c15-7-10-3-5-12(6-4-10)14(19)17-9-13(18)16-8-11-1-2-11;/h3-6,11H,1-2,7-9,15H2,(H,16,18)(H,17,19);1H. The van der Waals surface area contributed by atoms with E-state index in [1.165, 1.54) is 12.8 Å². The molecule has 0 spiro atoms. The third-order valence-electron chi connectivity index (χ3n) is 3.15. The van der Waals surface area contributed by atoms with Gasteiger partial charge in [-0.05, 0) is 36.5 Å². The van der Waals surface area contributed by atoms with Crippen LogP contribution in [0.5, 0.6) is 0 Å². The van der Waals surface area contributed by atoms with Crippen LogP contribution in [0.15, 0.2) is 24.3 Å². The molecule has 2 amide bonds. The van der Waals surface area contributed by atoms with Gasteiger partial charge in [-0.3, -0.25) is 9.59 Å². The van der Waals surface area contributed by atoms with Crippen molar-refractivity contribution in [2.24, 2.45) is 11.7 Å². The molecule has 0 radical (unpaired) electrons. The lowest BCUT2D eigenvalue weighted by molar-refractivity contribution is -0.120. The van der Waals surface area contributed by atoms with E-state index in [1.807, 2.05) is 12.1 Å². The Hall–Kier alpha value is -1.59. The van der Waals surface area contributed by atoms with Crippen LogP contribution < -0.4 is 16.4 Å². The first-order valence-electron chi connectivity index (χ1n) is 6.53. The fourth-order valence-corrected chi connectivity index (χ4v) is 1.70. The predicted octanol–water partition coefficient (Wildman–Crippen LogP) is 0.823. The van der Waals surface area contributed by atoms with Gasteiger partial charge in [0.1, 0.15) is 0 Å². The topological polar surface area (TPSA) is 84.2 Å². The Bertz CT molecular complexity index is 458. The fourth-order valence-electron chi connectivity index (χ4n) is 1.70. The Labute approximate surface area is 124 Å². The lowest BCUT2D eigenvalue weighted by atomic mass is 10.1. The first-order valence-corrected chi connectivity index (χ1v) is 6.53. The summed E-state index contributed by atoms with van der Waals surface area (Å²) in [5, 5.41) is 5.40. The van der Waals surface area contributed by atoms with Gasteiger partial charge < -0.3 is 16.4 Å². The van der Waals surface area contributed by atoms with Crippen molar-refractivity contribution in [2.45, 2.75) is 19.4 Å². The summed E-state index contributed by atoms with van der Waals surface area (Å²) in [5.41, 5.74) is 6.99. The summed E-state index contributed by atoms with van der Waals surface area (Å²) >= 11 is 0. The third kappa shape index (κ3) is 5.19. The van der Waals surface area contributed by atoms with Gasteiger partial charge in [-0.25, -0.2) is 0 Å². The van der Waals surface area contributed by atoms with Crippen molar-refractivity contribution < 1.29 is 9.59 Å². The molecule has 1 aromatic rings. The summed E-state index contributed by atoms with van der Waals surface area (Å²) < 4.78 is 0. The zero-order chi connectivity index (χ0) is 13.7. The van der Waals surface area contributed by atoms with Crippen LogP contribution in [0.2, 0.25) is 0 Å². The molecule has 0 bridgehead atoms. The molecule has 110 valence electrons. The molecule has 1 aromatic carbocycles. The molecule has 1 aliphatic rings. The van der Waals surface area contributed by atoms with Gasteiger partial charge in [-0.1, -0.05) is 12.1 Å². The molecule has 4 N–H and O–H groups in total. The molecule has 1 saturated carbocycles. The van der Waals surface area contributed by atoms with Crippen LogP contribution in [0.3, 0.4) is 0 Å². The van der Waals surface area contributed by atoms with Crippen LogP contribution in [0.4, 0.5) is 0 Å². The fraction of sp³-hybridized carbons (Fsp3) is 0.429. The van der Waals surface area contributed by atoms with Crippen molar-refractivity contribution >= 4 is 24.2 Å². The van der Waals surface area contributed by atoms with Crippen molar-refractivity contribution in [3.8, 4) is 0 Å². The van der Waals surface area contributed by atoms with Gasteiger partial charge in [-0.2, -0.15) is 0 Å². The monoisotopic (exact) mass is 297 g/mol. The van der Waals surface area contributed by atoms with E-state index in [1.54, 1.807) is 12.1 Å². The Balaban J connectivity index is 0.00000200. The van der Waals surface area contributed by atoms with E-state index in [-0.39, 0.29) is 30.8 Å². The Morgan fingerprint density at radius 2 is 1.80 bits per heavy atom. The van der Waals surface area contributed by atoms with Crippen LogP contribution in [0.25, 0.3) is 0 Å². The smallest absolute Gasteiger partial charge is 0.251 e. The number of carbonyl (C=O) groups excluding carboxylic acids is 2. The largest absolute Gasteiger partial charge is 0.354 e. The van der Waals surface area contributed by atoms with Gasteiger partial charge in [0.25, 0.3) is 5.91 Å². The van der Waals surface area contributed by atoms with E-state index in [0.29, 0.717) is 18.0 Å². The van der Waals surface area contributed by atoms with E-state index in [0.717, 1.165) is 12.1 Å². The van der Waals surface area contributed by atoms with Crippen molar-refractivity contribution in [3.63, 3.8) is 0 Å². The Kier molecular flexibility index (Phi) is 6.48. The number of halogens is 1. The molecule has 0 unspecified atom stereocenters. The lowest BCUT2D eigenvalue weighted by Gasteiger charge is -2.06. The number of nitrogens with one attached hydrogen (secondary N) is 2. The Morgan fingerprint density at radius 1 is 1.15 bits per heavy atom. The van der Waals surface area contributed by atoms with Gasteiger partial charge >= 0.3 is 0 Å². The third-order valence-corrected chi connectivity index (χ3v) is 3.15. The zero-order valence-electron chi connectivity index (χ0n) is 11.2. The summed E-state index contributed by atoms with van der Waals surface area (Å²) in [6, 6.07) is 7.03. The van der Waals surface area contributed by atoms with E-state index in [2.05, 4.69) is 10.6 Å². The highest BCUT2D eigenvalue weighted by molar-refractivity contribution is 5.96. The number of benzene rings is 1. The average molecular weight is 298 g/mol. The van der Waals surface area contributed by atoms with Crippen molar-refractivity contribution in [1.29, 1.82) is 0 Å². The van der Waals surface area contributed by atoms with E-state index >= 15 is 0 Å². The quantitative estimate of drug-likeness (QED) is 0.727. The first-order chi connectivity index (χ1) is 9.19.